The lowest BCUT2D eigenvalue weighted by Gasteiger charge is -2.09. The van der Waals surface area contributed by atoms with Gasteiger partial charge in [0.25, 0.3) is 0 Å². The molecule has 1 aromatic carbocycles. The smallest absolute Gasteiger partial charge is 0.161 e. The number of benzene rings is 1. The summed E-state index contributed by atoms with van der Waals surface area (Å²) in [6.45, 7) is 6.50. The predicted octanol–water partition coefficient (Wildman–Crippen LogP) is 3.51. The van der Waals surface area contributed by atoms with Crippen LogP contribution in [-0.2, 0) is 6.42 Å². The highest BCUT2D eigenvalue weighted by Gasteiger charge is 2.07. The van der Waals surface area contributed by atoms with Crippen LogP contribution in [0.4, 0.5) is 5.82 Å². The minimum absolute atomic E-state index is 0.526. The van der Waals surface area contributed by atoms with Crippen LogP contribution in [0.1, 0.15) is 44.4 Å². The van der Waals surface area contributed by atoms with Gasteiger partial charge in [-0.05, 0) is 17.9 Å². The minimum Gasteiger partial charge on any atom is -0.308 e. The molecule has 3 N–H and O–H groups in total. The van der Waals surface area contributed by atoms with Gasteiger partial charge in [0.2, 0.25) is 0 Å². The third-order valence-electron chi connectivity index (χ3n) is 3.27. The number of rotatable bonds is 5. The summed E-state index contributed by atoms with van der Waals surface area (Å²) in [5.74, 6) is 7.39. The molecule has 0 atom stereocenters. The van der Waals surface area contributed by atoms with Gasteiger partial charge in [-0.1, -0.05) is 51.5 Å². The fourth-order valence-electron chi connectivity index (χ4n) is 2.10. The molecular formula is C16H22N4. The molecule has 0 saturated heterocycles. The van der Waals surface area contributed by atoms with E-state index >= 15 is 0 Å². The molecule has 2 aromatic rings. The monoisotopic (exact) mass is 270 g/mol. The van der Waals surface area contributed by atoms with Crippen LogP contribution in [-0.4, -0.2) is 9.97 Å². The van der Waals surface area contributed by atoms with Crippen molar-refractivity contribution in [3.63, 3.8) is 0 Å². The first kappa shape index (κ1) is 14.5. The number of aromatic nitrogens is 2. The summed E-state index contributed by atoms with van der Waals surface area (Å²) in [6, 6.07) is 10.3. The van der Waals surface area contributed by atoms with Crippen molar-refractivity contribution >= 4 is 5.82 Å². The second kappa shape index (κ2) is 6.48. The molecule has 0 amide bonds. The lowest BCUT2D eigenvalue weighted by atomic mass is 10.0. The number of hydrazine groups is 1. The Labute approximate surface area is 120 Å². The lowest BCUT2D eigenvalue weighted by molar-refractivity contribution is 0.865. The van der Waals surface area contributed by atoms with Crippen LogP contribution in [0.3, 0.4) is 0 Å². The summed E-state index contributed by atoms with van der Waals surface area (Å²) in [6.07, 6.45) is 1.97. The number of nitrogens with one attached hydrogen (secondary N) is 1. The van der Waals surface area contributed by atoms with Gasteiger partial charge in [0.1, 0.15) is 5.82 Å². The van der Waals surface area contributed by atoms with Gasteiger partial charge in [-0.2, -0.15) is 0 Å². The summed E-state index contributed by atoms with van der Waals surface area (Å²) >= 11 is 0. The zero-order chi connectivity index (χ0) is 14.5. The number of nitrogens with zero attached hydrogens (tertiary/aromatic N) is 2. The molecule has 4 heteroatoms. The first-order valence-corrected chi connectivity index (χ1v) is 7.09. The van der Waals surface area contributed by atoms with Crippen LogP contribution in [0.5, 0.6) is 0 Å². The molecule has 0 aliphatic heterocycles. The Morgan fingerprint density at radius 2 is 1.85 bits per heavy atom. The highest BCUT2D eigenvalue weighted by atomic mass is 15.3. The molecule has 0 aliphatic carbocycles. The molecule has 20 heavy (non-hydrogen) atoms. The average Bonchev–Trinajstić information content (AvgIpc) is 2.47. The van der Waals surface area contributed by atoms with E-state index in [1.807, 2.05) is 6.07 Å². The van der Waals surface area contributed by atoms with E-state index in [-0.39, 0.29) is 0 Å². The van der Waals surface area contributed by atoms with Crippen LogP contribution in [0, 0.1) is 0 Å². The summed E-state index contributed by atoms with van der Waals surface area (Å²) in [7, 11) is 0. The van der Waals surface area contributed by atoms with Gasteiger partial charge in [0.15, 0.2) is 5.82 Å². The Kier molecular flexibility index (Phi) is 4.69. The van der Waals surface area contributed by atoms with E-state index in [9.17, 15) is 0 Å². The van der Waals surface area contributed by atoms with Gasteiger partial charge < -0.3 is 5.43 Å². The van der Waals surface area contributed by atoms with E-state index in [0.717, 1.165) is 29.9 Å². The second-order valence-electron chi connectivity index (χ2n) is 5.24. The van der Waals surface area contributed by atoms with Crippen molar-refractivity contribution in [3.8, 4) is 11.4 Å². The molecule has 0 bridgehead atoms. The molecule has 1 aromatic heterocycles. The Hall–Kier alpha value is -1.94. The third-order valence-corrected chi connectivity index (χ3v) is 3.27. The van der Waals surface area contributed by atoms with Crippen molar-refractivity contribution in [2.75, 3.05) is 5.43 Å². The van der Waals surface area contributed by atoms with Crippen molar-refractivity contribution < 1.29 is 0 Å². The van der Waals surface area contributed by atoms with Crippen LogP contribution in [0.15, 0.2) is 30.3 Å². The van der Waals surface area contributed by atoms with Crippen molar-refractivity contribution in [3.05, 3.63) is 41.6 Å². The number of anilines is 1. The normalized spacial score (nSPS) is 10.8. The van der Waals surface area contributed by atoms with Gasteiger partial charge in [-0.25, -0.2) is 15.8 Å². The summed E-state index contributed by atoms with van der Waals surface area (Å²) in [4.78, 5) is 9.04. The minimum atomic E-state index is 0.526. The van der Waals surface area contributed by atoms with Crippen molar-refractivity contribution in [1.29, 1.82) is 0 Å². The quantitative estimate of drug-likeness (QED) is 0.644. The highest BCUT2D eigenvalue weighted by Crippen LogP contribution is 2.21. The maximum atomic E-state index is 5.49. The molecule has 2 rings (SSSR count). The fourth-order valence-corrected chi connectivity index (χ4v) is 2.10. The maximum absolute atomic E-state index is 5.49. The second-order valence-corrected chi connectivity index (χ2v) is 5.24. The molecule has 0 radical (unpaired) electrons. The molecular weight excluding hydrogens is 248 g/mol. The van der Waals surface area contributed by atoms with Crippen molar-refractivity contribution in [2.24, 2.45) is 5.84 Å². The molecule has 106 valence electrons. The fraction of sp³-hybridized carbons (Fsp3) is 0.375. The Balaban J connectivity index is 2.37. The van der Waals surface area contributed by atoms with Crippen LogP contribution >= 0.6 is 0 Å². The van der Waals surface area contributed by atoms with Gasteiger partial charge >= 0.3 is 0 Å². The average molecular weight is 270 g/mol. The SMILES string of the molecule is CCCc1cc(NN)nc(-c2ccc(C(C)C)cc2)n1. The van der Waals surface area contributed by atoms with Gasteiger partial charge in [0.05, 0.1) is 0 Å². The van der Waals surface area contributed by atoms with Gasteiger partial charge in [-0.15, -0.1) is 0 Å². The maximum Gasteiger partial charge on any atom is 0.161 e. The molecule has 4 nitrogen and oxygen atoms in total. The van der Waals surface area contributed by atoms with E-state index in [1.165, 1.54) is 5.56 Å². The van der Waals surface area contributed by atoms with Crippen LogP contribution in [0.25, 0.3) is 11.4 Å². The number of nitrogen functional groups attached to an aromatic ring is 1. The molecule has 0 spiro atoms. The predicted molar refractivity (Wildman–Crippen MR) is 83.4 cm³/mol. The van der Waals surface area contributed by atoms with Crippen LogP contribution in [0.2, 0.25) is 0 Å². The van der Waals surface area contributed by atoms with Gasteiger partial charge in [-0.3, -0.25) is 0 Å². The number of hydrogen-bond acceptors (Lipinski definition) is 4. The summed E-state index contributed by atoms with van der Waals surface area (Å²) in [5.41, 5.74) is 5.96. The zero-order valence-electron chi connectivity index (χ0n) is 12.4. The van der Waals surface area contributed by atoms with Crippen LogP contribution < -0.4 is 11.3 Å². The van der Waals surface area contributed by atoms with E-state index in [1.54, 1.807) is 0 Å². The third kappa shape index (κ3) is 3.33. The molecule has 0 aliphatic rings. The zero-order valence-corrected chi connectivity index (χ0v) is 12.4. The molecule has 0 unspecified atom stereocenters. The van der Waals surface area contributed by atoms with E-state index < -0.39 is 0 Å². The van der Waals surface area contributed by atoms with E-state index in [0.29, 0.717) is 11.7 Å². The number of hydrogen-bond donors (Lipinski definition) is 2. The largest absolute Gasteiger partial charge is 0.308 e. The number of nitrogens with two attached hydrogens (primary N) is 1. The standard InChI is InChI=1S/C16H22N4/c1-4-5-14-10-15(20-17)19-16(18-14)13-8-6-12(7-9-13)11(2)3/h6-11H,4-5,17H2,1-3H3,(H,18,19,20). The van der Waals surface area contributed by atoms with E-state index in [2.05, 4.69) is 60.4 Å². The van der Waals surface area contributed by atoms with Gasteiger partial charge in [0, 0.05) is 17.3 Å². The Morgan fingerprint density at radius 1 is 1.15 bits per heavy atom. The number of aryl methyl sites for hydroxylation is 1. The first-order valence-electron chi connectivity index (χ1n) is 7.09. The lowest BCUT2D eigenvalue weighted by Crippen LogP contribution is -2.10. The summed E-state index contributed by atoms with van der Waals surface area (Å²) < 4.78 is 0. The molecule has 0 fully saturated rings. The van der Waals surface area contributed by atoms with Crippen molar-refractivity contribution in [1.82, 2.24) is 9.97 Å². The Morgan fingerprint density at radius 3 is 2.40 bits per heavy atom. The topological polar surface area (TPSA) is 63.8 Å². The van der Waals surface area contributed by atoms with E-state index in [4.69, 9.17) is 5.84 Å². The molecule has 1 heterocycles. The summed E-state index contributed by atoms with van der Waals surface area (Å²) in [5, 5.41) is 0. The highest BCUT2D eigenvalue weighted by molar-refractivity contribution is 5.58. The van der Waals surface area contributed by atoms with Crippen molar-refractivity contribution in [2.45, 2.75) is 39.5 Å². The first-order chi connectivity index (χ1) is 9.63. The molecule has 0 saturated carbocycles. The Bertz CT molecular complexity index is 561.